The van der Waals surface area contributed by atoms with Crippen molar-refractivity contribution in [3.63, 3.8) is 0 Å². The Labute approximate surface area is 200 Å². The highest BCUT2D eigenvalue weighted by Crippen LogP contribution is 2.49. The second-order valence-corrected chi connectivity index (χ2v) is 8.87. The van der Waals surface area contributed by atoms with E-state index in [1.54, 1.807) is 23.7 Å². The summed E-state index contributed by atoms with van der Waals surface area (Å²) in [6.45, 7) is 7.11. The van der Waals surface area contributed by atoms with Crippen LogP contribution in [0.5, 0.6) is 0 Å². The van der Waals surface area contributed by atoms with Crippen molar-refractivity contribution in [3.8, 4) is 11.4 Å². The summed E-state index contributed by atoms with van der Waals surface area (Å²) in [4.78, 5) is 17.3. The summed E-state index contributed by atoms with van der Waals surface area (Å²) in [5.74, 6) is 1.35. The third-order valence-corrected chi connectivity index (χ3v) is 6.44. The molecule has 2 bridgehead atoms. The quantitative estimate of drug-likeness (QED) is 0.566. The number of fused-ring (bicyclic) bond motifs is 2. The Morgan fingerprint density at radius 3 is 2.55 bits per heavy atom. The van der Waals surface area contributed by atoms with E-state index < -0.39 is 0 Å². The average molecular weight is 473 g/mol. The molecule has 6 rings (SSSR count). The third-order valence-electron chi connectivity index (χ3n) is 6.11. The lowest BCUT2D eigenvalue weighted by atomic mass is 9.64. The first-order valence-electron chi connectivity index (χ1n) is 11.3. The largest absolute Gasteiger partial charge is 0.388 e. The lowest BCUT2D eigenvalue weighted by Crippen LogP contribution is -2.70. The number of rotatable bonds is 5. The van der Waals surface area contributed by atoms with E-state index >= 15 is 0 Å². The Morgan fingerprint density at radius 1 is 1.21 bits per heavy atom. The summed E-state index contributed by atoms with van der Waals surface area (Å²) >= 11 is 6.08. The highest BCUT2D eigenvalue weighted by Gasteiger charge is 2.55. The Hall–Kier alpha value is -2.94. The molecule has 33 heavy (non-hydrogen) atoms. The first kappa shape index (κ1) is 24.7. The van der Waals surface area contributed by atoms with Gasteiger partial charge in [-0.05, 0) is 43.4 Å². The number of carbonyl (C=O) groups excluding carboxylic acids is 1. The molecular formula is C23H33ClN8O. The van der Waals surface area contributed by atoms with E-state index in [2.05, 4.69) is 32.5 Å². The van der Waals surface area contributed by atoms with Gasteiger partial charge in [-0.25, -0.2) is 4.98 Å². The zero-order chi connectivity index (χ0) is 24.0. The summed E-state index contributed by atoms with van der Waals surface area (Å²) in [6.07, 6.45) is 9.51. The van der Waals surface area contributed by atoms with Crippen LogP contribution < -0.4 is 5.32 Å². The predicted molar refractivity (Wildman–Crippen MR) is 130 cm³/mol. The number of nitrogens with one attached hydrogen (secondary N) is 1. The topological polar surface area (TPSA) is 93.8 Å². The van der Waals surface area contributed by atoms with Gasteiger partial charge in [0.1, 0.15) is 19.0 Å². The van der Waals surface area contributed by atoms with Crippen molar-refractivity contribution in [1.29, 1.82) is 0 Å². The van der Waals surface area contributed by atoms with Crippen LogP contribution in [-0.4, -0.2) is 59.5 Å². The van der Waals surface area contributed by atoms with Gasteiger partial charge in [0.25, 0.3) is 0 Å². The van der Waals surface area contributed by atoms with Gasteiger partial charge in [-0.3, -0.25) is 9.48 Å². The fourth-order valence-electron chi connectivity index (χ4n) is 4.87. The number of piperidine rings is 1. The second kappa shape index (κ2) is 10.8. The average Bonchev–Trinajstić information content (AvgIpc) is 3.47. The zero-order valence-corrected chi connectivity index (χ0v) is 20.7. The van der Waals surface area contributed by atoms with Gasteiger partial charge < -0.3 is 14.8 Å². The fourth-order valence-corrected chi connectivity index (χ4v) is 5.07. The van der Waals surface area contributed by atoms with E-state index in [1.807, 2.05) is 55.6 Å². The Morgan fingerprint density at radius 2 is 1.94 bits per heavy atom. The molecule has 10 heteroatoms. The molecule has 4 heterocycles. The normalized spacial score (nSPS) is 22.8. The van der Waals surface area contributed by atoms with Crippen LogP contribution in [0, 0.1) is 5.92 Å². The summed E-state index contributed by atoms with van der Waals surface area (Å²) in [6, 6.07) is 6.14. The van der Waals surface area contributed by atoms with Crippen LogP contribution in [-0.2, 0) is 18.4 Å². The third kappa shape index (κ3) is 5.35. The molecular weight excluding hydrogens is 440 g/mol. The van der Waals surface area contributed by atoms with Crippen LogP contribution in [0.3, 0.4) is 0 Å². The predicted octanol–water partition coefficient (Wildman–Crippen LogP) is 3.88. The minimum atomic E-state index is 0.0342. The maximum Gasteiger partial charge on any atom is 0.210 e. The highest BCUT2D eigenvalue weighted by molar-refractivity contribution is 6.33. The number of amides is 1. The van der Waals surface area contributed by atoms with E-state index in [0.717, 1.165) is 43.5 Å². The van der Waals surface area contributed by atoms with Crippen molar-refractivity contribution in [1.82, 2.24) is 34.4 Å². The van der Waals surface area contributed by atoms with Gasteiger partial charge >= 0.3 is 0 Å². The van der Waals surface area contributed by atoms with E-state index in [4.69, 9.17) is 11.6 Å². The minimum Gasteiger partial charge on any atom is -0.388 e. The summed E-state index contributed by atoms with van der Waals surface area (Å²) in [5.41, 5.74) is 1.86. The molecule has 3 atom stereocenters. The number of nitrogens with zero attached hydrogens (tertiary/aromatic N) is 7. The molecule has 1 aromatic carbocycles. The van der Waals surface area contributed by atoms with Gasteiger partial charge in [0, 0.05) is 37.9 Å². The van der Waals surface area contributed by atoms with Crippen molar-refractivity contribution >= 4 is 23.7 Å². The standard InChI is InChI=1S/C11H16N4O.C10H11ClN4.C2H6/c1-9-2-10-4-11(3-9,15(10)8-16)5-14-6-12-13-7-14;1-12-7-3-4-9(11)8(5-7)10-13-6-15(2)14-10;1-2/h6-10H,2-5H2,1H3;3-6,12H,1-2H3;1-2H3/t9-,10?,11?;;/m0../s1. The van der Waals surface area contributed by atoms with Crippen molar-refractivity contribution in [3.05, 3.63) is 42.2 Å². The van der Waals surface area contributed by atoms with Gasteiger partial charge in [0.2, 0.25) is 6.41 Å². The van der Waals surface area contributed by atoms with E-state index in [-0.39, 0.29) is 5.54 Å². The molecule has 1 N–H and O–H groups in total. The first-order chi connectivity index (χ1) is 15.9. The molecule has 1 saturated carbocycles. The van der Waals surface area contributed by atoms with Gasteiger partial charge in [0.05, 0.1) is 10.6 Å². The van der Waals surface area contributed by atoms with Gasteiger partial charge in [-0.15, -0.1) is 10.2 Å². The van der Waals surface area contributed by atoms with Crippen LogP contribution in [0.4, 0.5) is 5.69 Å². The SMILES string of the molecule is CC.CNc1ccc(Cl)c(-c2ncn(C)n2)c1.C[C@H]1CC2CC(Cn3cnnc3)(C1)N2C=O. The monoisotopic (exact) mass is 472 g/mol. The summed E-state index contributed by atoms with van der Waals surface area (Å²) in [5, 5.41) is 15.5. The number of halogens is 1. The van der Waals surface area contributed by atoms with E-state index in [1.165, 1.54) is 0 Å². The van der Waals surface area contributed by atoms with E-state index in [0.29, 0.717) is 22.8 Å². The lowest BCUT2D eigenvalue weighted by Gasteiger charge is -2.62. The van der Waals surface area contributed by atoms with Crippen LogP contribution in [0.1, 0.15) is 40.0 Å². The fraction of sp³-hybridized carbons (Fsp3) is 0.522. The molecule has 3 fully saturated rings. The summed E-state index contributed by atoms with van der Waals surface area (Å²) < 4.78 is 3.63. The molecule has 3 aromatic rings. The number of hydrogen-bond acceptors (Lipinski definition) is 6. The lowest BCUT2D eigenvalue weighted by molar-refractivity contribution is -0.160. The highest BCUT2D eigenvalue weighted by atomic mass is 35.5. The van der Waals surface area contributed by atoms with Crippen molar-refractivity contribution in [2.24, 2.45) is 13.0 Å². The molecule has 2 aliphatic heterocycles. The Kier molecular flexibility index (Phi) is 8.07. The van der Waals surface area contributed by atoms with Crippen LogP contribution in [0.2, 0.25) is 5.02 Å². The molecule has 1 aliphatic carbocycles. The number of aromatic nitrogens is 6. The van der Waals surface area contributed by atoms with Crippen LogP contribution >= 0.6 is 11.6 Å². The molecule has 2 saturated heterocycles. The molecule has 3 aliphatic rings. The van der Waals surface area contributed by atoms with Crippen molar-refractivity contribution in [2.45, 2.75) is 58.2 Å². The number of aryl methyl sites for hydroxylation is 1. The number of carbonyl (C=O) groups is 1. The molecule has 0 radical (unpaired) electrons. The van der Waals surface area contributed by atoms with Gasteiger partial charge in [0.15, 0.2) is 5.82 Å². The Bertz CT molecular complexity index is 1040. The smallest absolute Gasteiger partial charge is 0.210 e. The zero-order valence-electron chi connectivity index (χ0n) is 19.9. The van der Waals surface area contributed by atoms with Crippen molar-refractivity contribution < 1.29 is 4.79 Å². The molecule has 2 aromatic heterocycles. The number of anilines is 1. The minimum absolute atomic E-state index is 0.0342. The summed E-state index contributed by atoms with van der Waals surface area (Å²) in [7, 11) is 3.69. The molecule has 2 unspecified atom stereocenters. The molecule has 178 valence electrons. The number of hydrogen-bond donors (Lipinski definition) is 1. The molecule has 0 spiro atoms. The second-order valence-electron chi connectivity index (χ2n) is 8.46. The molecule has 9 nitrogen and oxygen atoms in total. The van der Waals surface area contributed by atoms with Crippen LogP contribution in [0.25, 0.3) is 11.4 Å². The number of benzene rings is 1. The van der Waals surface area contributed by atoms with Crippen molar-refractivity contribution in [2.75, 3.05) is 12.4 Å². The van der Waals surface area contributed by atoms with Gasteiger partial charge in [-0.1, -0.05) is 32.4 Å². The van der Waals surface area contributed by atoms with E-state index in [9.17, 15) is 4.79 Å². The maximum atomic E-state index is 11.1. The Balaban J connectivity index is 0.000000173. The van der Waals surface area contributed by atoms with Gasteiger partial charge in [-0.2, -0.15) is 5.10 Å². The first-order valence-corrected chi connectivity index (χ1v) is 11.7. The molecule has 1 amide bonds. The maximum absolute atomic E-state index is 11.1. The van der Waals surface area contributed by atoms with Crippen LogP contribution in [0.15, 0.2) is 37.2 Å².